The number of hydrogen-bond donors (Lipinski definition) is 0. The van der Waals surface area contributed by atoms with Gasteiger partial charge in [-0.1, -0.05) is 238 Å². The summed E-state index contributed by atoms with van der Waals surface area (Å²) >= 11 is 0. The zero-order valence-electron chi connectivity index (χ0n) is 42.2. The van der Waals surface area contributed by atoms with Crippen molar-refractivity contribution in [3.63, 3.8) is 0 Å². The molecule has 0 fully saturated rings. The van der Waals surface area contributed by atoms with Crippen molar-refractivity contribution in [2.45, 2.75) is 31.2 Å². The fraction of sp³-hybridized carbons (Fsp3) is 0.0845. The van der Waals surface area contributed by atoms with E-state index in [0.29, 0.717) is 17.5 Å². The molecule has 9 aromatic carbocycles. The molecule has 0 bridgehead atoms. The number of fused-ring (bicyclic) bond motifs is 6. The summed E-state index contributed by atoms with van der Waals surface area (Å²) in [7, 11) is 0. The van der Waals surface area contributed by atoms with Crippen LogP contribution in [-0.2, 0) is 6.42 Å². The van der Waals surface area contributed by atoms with Gasteiger partial charge in [-0.25, -0.2) is 15.0 Å². The third kappa shape index (κ3) is 8.09. The van der Waals surface area contributed by atoms with E-state index >= 15 is 0 Å². The zero-order chi connectivity index (χ0) is 50.5. The van der Waals surface area contributed by atoms with E-state index in [9.17, 15) is 0 Å². The van der Waals surface area contributed by atoms with Crippen LogP contribution in [0.5, 0.6) is 0 Å². The predicted molar refractivity (Wildman–Crippen MR) is 314 cm³/mol. The number of benzene rings is 9. The van der Waals surface area contributed by atoms with Crippen LogP contribution in [0.25, 0.3) is 83.9 Å². The first-order valence-electron chi connectivity index (χ1n) is 26.5. The van der Waals surface area contributed by atoms with Crippen LogP contribution in [0, 0.1) is 5.92 Å². The summed E-state index contributed by atoms with van der Waals surface area (Å²) in [6, 6.07) is 81.0. The molecule has 3 aliphatic rings. The van der Waals surface area contributed by atoms with Crippen molar-refractivity contribution in [2.75, 3.05) is 4.90 Å². The van der Waals surface area contributed by atoms with E-state index < -0.39 is 0 Å². The van der Waals surface area contributed by atoms with Gasteiger partial charge in [0.1, 0.15) is 0 Å². The number of allylic oxidation sites excluding steroid dienone is 6. The molecule has 0 saturated carbocycles. The van der Waals surface area contributed by atoms with Gasteiger partial charge in [0.15, 0.2) is 17.5 Å². The molecule has 0 amide bonds. The SMILES string of the molecule is CC1C=C(n2c3ccccc3c3ccccc32)C=CC1c1ccc(-c2cc(-c3ccc(-c4nc(-c5ccccc5)nc(-c5ccccc5)n4)cc3)ccc2N2c3ccccc3C3C=CC=CC32)cc1Cc1ccccc1. The first-order chi connectivity index (χ1) is 37.6. The molecular formula is C71H53N5. The van der Waals surface area contributed by atoms with E-state index in [4.69, 9.17) is 15.0 Å². The Hall–Kier alpha value is -9.45. The van der Waals surface area contributed by atoms with Gasteiger partial charge in [-0.3, -0.25) is 0 Å². The van der Waals surface area contributed by atoms with Gasteiger partial charge in [0.05, 0.1) is 17.1 Å². The second-order valence-corrected chi connectivity index (χ2v) is 20.3. The van der Waals surface area contributed by atoms with Crippen LogP contribution >= 0.6 is 0 Å². The Morgan fingerprint density at radius 1 is 0.421 bits per heavy atom. The molecule has 11 aromatic rings. The number of para-hydroxylation sites is 3. The summed E-state index contributed by atoms with van der Waals surface area (Å²) in [6.45, 7) is 2.38. The molecule has 76 heavy (non-hydrogen) atoms. The van der Waals surface area contributed by atoms with Gasteiger partial charge in [-0.15, -0.1) is 0 Å². The summed E-state index contributed by atoms with van der Waals surface area (Å²) < 4.78 is 2.44. The topological polar surface area (TPSA) is 46.8 Å². The number of hydrogen-bond acceptors (Lipinski definition) is 4. The molecule has 1 aliphatic heterocycles. The van der Waals surface area contributed by atoms with Gasteiger partial charge < -0.3 is 9.47 Å². The maximum atomic E-state index is 5.04. The van der Waals surface area contributed by atoms with Gasteiger partial charge >= 0.3 is 0 Å². The number of aromatic nitrogens is 4. The Morgan fingerprint density at radius 2 is 0.974 bits per heavy atom. The Kier molecular flexibility index (Phi) is 11.4. The molecular weight excluding hydrogens is 923 g/mol. The Bertz CT molecular complexity index is 4000. The van der Waals surface area contributed by atoms with Crippen molar-refractivity contribution in [3.05, 3.63) is 289 Å². The lowest BCUT2D eigenvalue weighted by Gasteiger charge is -2.31. The van der Waals surface area contributed by atoms with Crippen molar-refractivity contribution in [1.82, 2.24) is 19.5 Å². The first kappa shape index (κ1) is 45.2. The summed E-state index contributed by atoms with van der Waals surface area (Å²) in [4.78, 5) is 17.6. The van der Waals surface area contributed by atoms with Crippen molar-refractivity contribution < 1.29 is 0 Å². The molecule has 4 atom stereocenters. The fourth-order valence-electron chi connectivity index (χ4n) is 12.1. The molecule has 5 heteroatoms. The highest BCUT2D eigenvalue weighted by molar-refractivity contribution is 6.10. The lowest BCUT2D eigenvalue weighted by molar-refractivity contribution is 0.630. The molecule has 5 nitrogen and oxygen atoms in total. The molecule has 14 rings (SSSR count). The average molecular weight is 976 g/mol. The summed E-state index contributed by atoms with van der Waals surface area (Å²) in [5, 5.41) is 2.56. The highest BCUT2D eigenvalue weighted by Gasteiger charge is 2.38. The Labute approximate surface area is 443 Å². The predicted octanol–water partition coefficient (Wildman–Crippen LogP) is 17.5. The third-order valence-electron chi connectivity index (χ3n) is 15.8. The van der Waals surface area contributed by atoms with E-state index in [0.717, 1.165) is 34.2 Å². The smallest absolute Gasteiger partial charge is 0.164 e. The summed E-state index contributed by atoms with van der Waals surface area (Å²) in [5.74, 6) is 2.64. The first-order valence-corrected chi connectivity index (χ1v) is 26.5. The van der Waals surface area contributed by atoms with E-state index in [1.54, 1.807) is 0 Å². The van der Waals surface area contributed by atoms with Gasteiger partial charge in [0.2, 0.25) is 0 Å². The van der Waals surface area contributed by atoms with E-state index in [1.807, 2.05) is 60.7 Å². The standard InChI is InChI=1S/C71H53N5/c1-47-43-56(75-64-29-15-11-25-59(64)60-26-12-16-30-65(60)75)39-41-57(47)58-40-37-54(45-55(58)44-48-19-5-2-6-20-48)63-46-53(38-42-68(63)76-66-31-17-13-27-61(66)62-28-14-18-32-67(62)76)49-33-35-52(36-34-49)71-73-69(50-21-7-3-8-22-50)72-70(74-71)51-23-9-4-10-24-51/h2-43,45-47,57,61,66H,44H2,1H3. The number of rotatable bonds is 10. The second-order valence-electron chi connectivity index (χ2n) is 20.3. The molecule has 4 unspecified atom stereocenters. The van der Waals surface area contributed by atoms with Crippen LogP contribution < -0.4 is 4.90 Å². The van der Waals surface area contributed by atoms with Gasteiger partial charge in [-0.05, 0) is 87.7 Å². The minimum atomic E-state index is 0.153. The Morgan fingerprint density at radius 3 is 1.64 bits per heavy atom. The maximum Gasteiger partial charge on any atom is 0.164 e. The maximum absolute atomic E-state index is 5.04. The van der Waals surface area contributed by atoms with E-state index in [1.165, 1.54) is 72.3 Å². The molecule has 3 heterocycles. The third-order valence-corrected chi connectivity index (χ3v) is 15.8. The molecule has 0 N–H and O–H groups in total. The molecule has 0 saturated heterocycles. The monoisotopic (exact) mass is 975 g/mol. The summed E-state index contributed by atoms with van der Waals surface area (Å²) in [6.07, 6.45) is 17.3. The largest absolute Gasteiger partial charge is 0.333 e. The number of anilines is 2. The molecule has 362 valence electrons. The van der Waals surface area contributed by atoms with Crippen molar-refractivity contribution in [1.29, 1.82) is 0 Å². The van der Waals surface area contributed by atoms with Crippen LogP contribution in [0.3, 0.4) is 0 Å². The van der Waals surface area contributed by atoms with Gasteiger partial charge in [-0.2, -0.15) is 0 Å². The molecule has 0 radical (unpaired) electrons. The lowest BCUT2D eigenvalue weighted by atomic mass is 9.79. The normalized spacial score (nSPS) is 17.5. The van der Waals surface area contributed by atoms with Crippen LogP contribution in [0.2, 0.25) is 0 Å². The summed E-state index contributed by atoms with van der Waals surface area (Å²) in [5.41, 5.74) is 18.9. The van der Waals surface area contributed by atoms with Crippen LogP contribution in [0.15, 0.2) is 267 Å². The van der Waals surface area contributed by atoms with Crippen molar-refractivity contribution >= 4 is 38.9 Å². The van der Waals surface area contributed by atoms with E-state index in [2.05, 4.69) is 223 Å². The fourth-order valence-corrected chi connectivity index (χ4v) is 12.1. The molecule has 2 aromatic heterocycles. The lowest BCUT2D eigenvalue weighted by Crippen LogP contribution is -2.29. The zero-order valence-corrected chi connectivity index (χ0v) is 42.2. The second kappa shape index (κ2) is 19.1. The highest BCUT2D eigenvalue weighted by atomic mass is 15.2. The average Bonchev–Trinajstić information content (AvgIpc) is 4.02. The van der Waals surface area contributed by atoms with Crippen molar-refractivity contribution in [2.24, 2.45) is 5.92 Å². The van der Waals surface area contributed by atoms with Gasteiger partial charge in [0, 0.05) is 61.9 Å². The van der Waals surface area contributed by atoms with Crippen molar-refractivity contribution in [3.8, 4) is 56.4 Å². The van der Waals surface area contributed by atoms with Crippen LogP contribution in [0.1, 0.15) is 41.0 Å². The number of nitrogens with zero attached hydrogens (tertiary/aromatic N) is 5. The van der Waals surface area contributed by atoms with Crippen LogP contribution in [0.4, 0.5) is 11.4 Å². The van der Waals surface area contributed by atoms with Gasteiger partial charge in [0.25, 0.3) is 0 Å². The van der Waals surface area contributed by atoms with E-state index in [-0.39, 0.29) is 23.8 Å². The quantitative estimate of drug-likeness (QED) is 0.137. The highest BCUT2D eigenvalue weighted by Crippen LogP contribution is 2.51. The Balaban J connectivity index is 0.879. The molecule has 0 spiro atoms. The molecule has 2 aliphatic carbocycles. The minimum Gasteiger partial charge on any atom is -0.333 e. The van der Waals surface area contributed by atoms with Crippen LogP contribution in [-0.4, -0.2) is 25.6 Å². The minimum absolute atomic E-state index is 0.153.